The van der Waals surface area contributed by atoms with E-state index in [0.29, 0.717) is 17.8 Å². The molecule has 2 aromatic heterocycles. The van der Waals surface area contributed by atoms with Crippen LogP contribution in [0.5, 0.6) is 0 Å². The third-order valence-corrected chi connectivity index (χ3v) is 4.84. The molecule has 2 atom stereocenters. The van der Waals surface area contributed by atoms with E-state index in [1.165, 1.54) is 16.7 Å². The molecule has 0 radical (unpaired) electrons. The lowest BCUT2D eigenvalue weighted by Crippen LogP contribution is -2.55. The predicted octanol–water partition coefficient (Wildman–Crippen LogP) is 2.36. The summed E-state index contributed by atoms with van der Waals surface area (Å²) in [5.74, 6) is -0.251. The molecule has 8 nitrogen and oxygen atoms in total. The van der Waals surface area contributed by atoms with Crippen molar-refractivity contribution in [3.05, 3.63) is 41.9 Å². The first kappa shape index (κ1) is 20.7. The number of rotatable bonds is 4. The zero-order valence-corrected chi connectivity index (χ0v) is 17.1. The molecule has 3 rings (SSSR count). The van der Waals surface area contributed by atoms with Crippen LogP contribution in [-0.4, -0.2) is 57.9 Å². The van der Waals surface area contributed by atoms with Gasteiger partial charge in [-0.1, -0.05) is 0 Å². The molecule has 1 aliphatic rings. The summed E-state index contributed by atoms with van der Waals surface area (Å²) in [6.07, 6.45) is 4.66. The molecule has 0 aliphatic carbocycles. The highest BCUT2D eigenvalue weighted by Gasteiger charge is 2.23. The van der Waals surface area contributed by atoms with E-state index < -0.39 is 11.7 Å². The highest BCUT2D eigenvalue weighted by molar-refractivity contribution is 6.04. The summed E-state index contributed by atoms with van der Waals surface area (Å²) >= 11 is 0. The molecule has 0 aromatic carbocycles. The Morgan fingerprint density at radius 3 is 2.93 bits per heavy atom. The Balaban J connectivity index is 1.77. The Bertz CT molecular complexity index is 994. The van der Waals surface area contributed by atoms with E-state index in [2.05, 4.69) is 51.1 Å². The minimum absolute atomic E-state index is 0.0440. The number of aliphatic imine (C=N–C) groups is 2. The molecular weight excluding hydrogens is 373 g/mol. The minimum Gasteiger partial charge on any atom is -0.355 e. The first-order chi connectivity index (χ1) is 13.8. The number of nitrogens with one attached hydrogen (secondary N) is 2. The molecule has 0 saturated carbocycles. The number of halogens is 1. The number of hydrogen-bond donors (Lipinski definition) is 2. The fourth-order valence-corrected chi connectivity index (χ4v) is 3.32. The molecule has 9 heteroatoms. The van der Waals surface area contributed by atoms with Crippen LogP contribution in [0.2, 0.25) is 0 Å². The predicted molar refractivity (Wildman–Crippen MR) is 113 cm³/mol. The Morgan fingerprint density at radius 1 is 1.45 bits per heavy atom. The number of aromatic nitrogens is 2. The van der Waals surface area contributed by atoms with Crippen LogP contribution < -0.4 is 10.6 Å². The maximum atomic E-state index is 14.2. The fraction of sp³-hybridized carbons (Fsp3) is 0.400. The number of hydrogen-bond acceptors (Lipinski definition) is 5. The minimum atomic E-state index is -0.524. The average molecular weight is 399 g/mol. The maximum absolute atomic E-state index is 14.2. The van der Waals surface area contributed by atoms with Crippen LogP contribution >= 0.6 is 0 Å². The monoisotopic (exact) mass is 399 g/mol. The summed E-state index contributed by atoms with van der Waals surface area (Å²) in [5, 5.41) is 6.05. The largest absolute Gasteiger partial charge is 0.355 e. The van der Waals surface area contributed by atoms with E-state index in [4.69, 9.17) is 0 Å². The zero-order valence-electron chi connectivity index (χ0n) is 17.1. The quantitative estimate of drug-likeness (QED) is 0.470. The van der Waals surface area contributed by atoms with Gasteiger partial charge in [0.1, 0.15) is 11.5 Å². The number of carbonyl (C=O) groups excluding carboxylic acids is 1. The van der Waals surface area contributed by atoms with E-state index in [0.717, 1.165) is 18.9 Å². The van der Waals surface area contributed by atoms with Gasteiger partial charge in [0.2, 0.25) is 0 Å². The number of imidazole rings is 1. The van der Waals surface area contributed by atoms with Gasteiger partial charge in [0.15, 0.2) is 11.5 Å². The van der Waals surface area contributed by atoms with Gasteiger partial charge >= 0.3 is 0 Å². The Hall–Kier alpha value is -3.07. The molecule has 2 aromatic rings. The van der Waals surface area contributed by atoms with Gasteiger partial charge in [-0.25, -0.2) is 14.4 Å². The summed E-state index contributed by atoms with van der Waals surface area (Å²) in [7, 11) is 0. The van der Waals surface area contributed by atoms with Crippen LogP contribution in [0.3, 0.4) is 0 Å². The number of carbonyl (C=O) groups is 1. The summed E-state index contributed by atoms with van der Waals surface area (Å²) < 4.78 is 15.7. The number of aryl methyl sites for hydroxylation is 1. The Labute approximate surface area is 169 Å². The highest BCUT2D eigenvalue weighted by Crippen LogP contribution is 2.17. The van der Waals surface area contributed by atoms with Gasteiger partial charge in [0.05, 0.1) is 17.6 Å². The van der Waals surface area contributed by atoms with E-state index in [9.17, 15) is 9.18 Å². The van der Waals surface area contributed by atoms with Crippen molar-refractivity contribution in [2.24, 2.45) is 9.98 Å². The third-order valence-electron chi connectivity index (χ3n) is 4.84. The van der Waals surface area contributed by atoms with E-state index in [1.54, 1.807) is 19.3 Å². The number of piperazine rings is 1. The number of fused-ring (bicyclic) bond motifs is 1. The van der Waals surface area contributed by atoms with Crippen LogP contribution in [0.1, 0.15) is 26.5 Å². The molecule has 2 N–H and O–H groups in total. The molecule has 154 valence electrons. The van der Waals surface area contributed by atoms with E-state index >= 15 is 0 Å². The SMILES string of the molecule is C=N/C(=C\N=C(C)N1CC(C)NCC1C)C(=O)Nc1cc(F)c2nc(C)cn2c1. The highest BCUT2D eigenvalue weighted by atomic mass is 19.1. The number of pyridine rings is 1. The van der Waals surface area contributed by atoms with Crippen LogP contribution in [0, 0.1) is 12.7 Å². The summed E-state index contributed by atoms with van der Waals surface area (Å²) in [4.78, 5) is 27.0. The fourth-order valence-electron chi connectivity index (χ4n) is 3.32. The molecule has 3 heterocycles. The first-order valence-electron chi connectivity index (χ1n) is 9.46. The zero-order chi connectivity index (χ0) is 21.1. The summed E-state index contributed by atoms with van der Waals surface area (Å²) in [5.41, 5.74) is 1.22. The van der Waals surface area contributed by atoms with Crippen LogP contribution in [0.25, 0.3) is 5.65 Å². The van der Waals surface area contributed by atoms with Gasteiger partial charge in [-0.05, 0) is 34.4 Å². The average Bonchev–Trinajstić information content (AvgIpc) is 3.04. The molecule has 1 aliphatic heterocycles. The topological polar surface area (TPSA) is 86.4 Å². The Morgan fingerprint density at radius 2 is 2.21 bits per heavy atom. The molecule has 1 saturated heterocycles. The smallest absolute Gasteiger partial charge is 0.275 e. The Kier molecular flexibility index (Phi) is 6.07. The second-order valence-corrected chi connectivity index (χ2v) is 7.30. The third kappa shape index (κ3) is 4.68. The molecule has 2 unspecified atom stereocenters. The lowest BCUT2D eigenvalue weighted by molar-refractivity contribution is -0.112. The van der Waals surface area contributed by atoms with Crippen molar-refractivity contribution in [1.29, 1.82) is 0 Å². The van der Waals surface area contributed by atoms with Crippen molar-refractivity contribution in [2.45, 2.75) is 39.8 Å². The van der Waals surface area contributed by atoms with Gasteiger partial charge in [-0.15, -0.1) is 0 Å². The van der Waals surface area contributed by atoms with Crippen LogP contribution in [-0.2, 0) is 4.79 Å². The van der Waals surface area contributed by atoms with Crippen molar-refractivity contribution >= 4 is 29.8 Å². The van der Waals surface area contributed by atoms with Crippen molar-refractivity contribution in [3.8, 4) is 0 Å². The standard InChI is InChI=1S/C20H26FN7O/c1-12-10-28(14(3)7-23-12)15(4)24-8-18(22-5)20(29)26-16-6-17(21)19-25-13(2)9-27(19)11-16/h6,8-9,11-12,14,23H,5,7,10H2,1-4H3,(H,26,29)/b18-8-,24-15?. The van der Waals surface area contributed by atoms with Gasteiger partial charge < -0.3 is 19.9 Å². The molecule has 0 bridgehead atoms. The summed E-state index contributed by atoms with van der Waals surface area (Å²) in [6.45, 7) is 13.0. The van der Waals surface area contributed by atoms with Crippen LogP contribution in [0.15, 0.2) is 40.3 Å². The second kappa shape index (κ2) is 8.52. The number of nitrogens with zero attached hydrogens (tertiary/aromatic N) is 5. The molecule has 0 spiro atoms. The van der Waals surface area contributed by atoms with E-state index in [-0.39, 0.29) is 17.0 Å². The normalized spacial score (nSPS) is 20.8. The van der Waals surface area contributed by atoms with Gasteiger partial charge in [0.25, 0.3) is 5.91 Å². The van der Waals surface area contributed by atoms with Crippen molar-refractivity contribution in [2.75, 3.05) is 18.4 Å². The van der Waals surface area contributed by atoms with Gasteiger partial charge in [0, 0.05) is 43.6 Å². The molecule has 29 heavy (non-hydrogen) atoms. The lowest BCUT2D eigenvalue weighted by Gasteiger charge is -2.38. The van der Waals surface area contributed by atoms with E-state index in [1.807, 2.05) is 6.92 Å². The lowest BCUT2D eigenvalue weighted by atomic mass is 10.1. The first-order valence-corrected chi connectivity index (χ1v) is 9.46. The molecule has 1 amide bonds. The van der Waals surface area contributed by atoms with Crippen molar-refractivity contribution in [1.82, 2.24) is 19.6 Å². The van der Waals surface area contributed by atoms with Gasteiger partial charge in [-0.2, -0.15) is 0 Å². The molecular formula is C20H26FN7O. The number of amides is 1. The molecule has 1 fully saturated rings. The van der Waals surface area contributed by atoms with Crippen molar-refractivity contribution in [3.63, 3.8) is 0 Å². The number of amidine groups is 1. The summed E-state index contributed by atoms with van der Waals surface area (Å²) in [6, 6.07) is 1.88. The van der Waals surface area contributed by atoms with Crippen molar-refractivity contribution < 1.29 is 9.18 Å². The maximum Gasteiger partial charge on any atom is 0.275 e. The number of anilines is 1. The second-order valence-electron chi connectivity index (χ2n) is 7.30. The van der Waals surface area contributed by atoms with Crippen LogP contribution in [0.4, 0.5) is 10.1 Å². The van der Waals surface area contributed by atoms with Gasteiger partial charge in [-0.3, -0.25) is 9.79 Å².